The summed E-state index contributed by atoms with van der Waals surface area (Å²) in [7, 11) is 0. The summed E-state index contributed by atoms with van der Waals surface area (Å²) in [5.74, 6) is 2.03. The van der Waals surface area contributed by atoms with Gasteiger partial charge in [0.05, 0.1) is 12.3 Å². The van der Waals surface area contributed by atoms with Gasteiger partial charge in [-0.2, -0.15) is 4.98 Å². The number of halogens is 1. The molecule has 5 rings (SSSR count). The van der Waals surface area contributed by atoms with Gasteiger partial charge in [-0.25, -0.2) is 4.68 Å². The van der Waals surface area contributed by atoms with E-state index in [4.69, 9.17) is 25.8 Å². The van der Waals surface area contributed by atoms with Crippen LogP contribution in [0.3, 0.4) is 0 Å². The van der Waals surface area contributed by atoms with E-state index in [-0.39, 0.29) is 18.7 Å². The summed E-state index contributed by atoms with van der Waals surface area (Å²) in [6.45, 7) is 4.81. The first-order valence-electron chi connectivity index (χ1n) is 11.1. The first-order valence-corrected chi connectivity index (χ1v) is 11.5. The molecule has 178 valence electrons. The highest BCUT2D eigenvalue weighted by Gasteiger charge is 2.20. The van der Waals surface area contributed by atoms with Crippen molar-refractivity contribution in [3.05, 3.63) is 77.3 Å². The molecule has 0 spiro atoms. The number of hydrogen-bond donors (Lipinski definition) is 1. The molecule has 4 aromatic rings. The number of anilines is 1. The van der Waals surface area contributed by atoms with Crippen molar-refractivity contribution in [2.45, 2.75) is 13.8 Å². The molecule has 0 aliphatic carbocycles. The van der Waals surface area contributed by atoms with Crippen molar-refractivity contribution in [1.82, 2.24) is 14.8 Å². The smallest absolute Gasteiger partial charge is 0.336 e. The third-order valence-corrected chi connectivity index (χ3v) is 5.46. The summed E-state index contributed by atoms with van der Waals surface area (Å²) >= 11 is 6.00. The lowest BCUT2D eigenvalue weighted by Gasteiger charge is -2.09. The second-order valence-electron chi connectivity index (χ2n) is 8.41. The number of benzene rings is 3. The molecule has 0 bridgehead atoms. The van der Waals surface area contributed by atoms with E-state index in [1.54, 1.807) is 41.1 Å². The standard InChI is InChI=1S/C26H23ClN4O4/c1-16(2)14-33-26-29-24(17-6-11-22-23(13-17)35-15-34-22)31(30-26)21-9-7-20(8-10-21)28-25(32)18-4-3-5-19(27)12-18/h3-13,16H,14-15H2,1-2H3,(H,28,32). The lowest BCUT2D eigenvalue weighted by Crippen LogP contribution is -2.11. The van der Waals surface area contributed by atoms with Crippen LogP contribution in [0.4, 0.5) is 5.69 Å². The Hall–Kier alpha value is -4.04. The molecule has 1 aliphatic heterocycles. The van der Waals surface area contributed by atoms with E-state index in [1.165, 1.54) is 0 Å². The Morgan fingerprint density at radius 1 is 1.09 bits per heavy atom. The molecular formula is C26H23ClN4O4. The maximum Gasteiger partial charge on any atom is 0.336 e. The van der Waals surface area contributed by atoms with Crippen LogP contribution in [0.15, 0.2) is 66.7 Å². The fourth-order valence-electron chi connectivity index (χ4n) is 3.52. The van der Waals surface area contributed by atoms with E-state index in [1.807, 2.05) is 30.3 Å². The molecule has 3 aromatic carbocycles. The zero-order chi connectivity index (χ0) is 24.4. The third-order valence-electron chi connectivity index (χ3n) is 5.22. The third kappa shape index (κ3) is 5.07. The van der Waals surface area contributed by atoms with Gasteiger partial charge in [0.15, 0.2) is 17.3 Å². The average molecular weight is 491 g/mol. The molecule has 0 atom stereocenters. The van der Waals surface area contributed by atoms with Crippen LogP contribution in [-0.4, -0.2) is 34.1 Å². The predicted molar refractivity (Wildman–Crippen MR) is 133 cm³/mol. The second kappa shape index (κ2) is 9.68. The summed E-state index contributed by atoms with van der Waals surface area (Å²) in [4.78, 5) is 17.2. The molecule has 9 heteroatoms. The molecule has 8 nitrogen and oxygen atoms in total. The number of hydrogen-bond acceptors (Lipinski definition) is 6. The molecule has 0 saturated carbocycles. The Morgan fingerprint density at radius 3 is 2.66 bits per heavy atom. The van der Waals surface area contributed by atoms with Crippen molar-refractivity contribution in [1.29, 1.82) is 0 Å². The monoisotopic (exact) mass is 490 g/mol. The van der Waals surface area contributed by atoms with Gasteiger partial charge in [0.2, 0.25) is 6.79 Å². The number of carbonyl (C=O) groups is 1. The van der Waals surface area contributed by atoms with Crippen molar-refractivity contribution in [2.24, 2.45) is 5.92 Å². The zero-order valence-corrected chi connectivity index (χ0v) is 20.0. The molecule has 0 saturated heterocycles. The van der Waals surface area contributed by atoms with Crippen molar-refractivity contribution in [2.75, 3.05) is 18.7 Å². The van der Waals surface area contributed by atoms with Gasteiger partial charge in [-0.15, -0.1) is 5.10 Å². The molecule has 1 N–H and O–H groups in total. The zero-order valence-electron chi connectivity index (χ0n) is 19.2. The first-order chi connectivity index (χ1) is 17.0. The van der Waals surface area contributed by atoms with Gasteiger partial charge in [0, 0.05) is 21.8 Å². The maximum absolute atomic E-state index is 12.5. The van der Waals surface area contributed by atoms with Gasteiger partial charge < -0.3 is 19.5 Å². The van der Waals surface area contributed by atoms with Gasteiger partial charge >= 0.3 is 6.01 Å². The largest absolute Gasteiger partial charge is 0.462 e. The van der Waals surface area contributed by atoms with E-state index in [0.717, 1.165) is 11.3 Å². The minimum Gasteiger partial charge on any atom is -0.462 e. The maximum atomic E-state index is 12.5. The average Bonchev–Trinajstić information content (AvgIpc) is 3.50. The number of nitrogens with one attached hydrogen (secondary N) is 1. The lowest BCUT2D eigenvalue weighted by molar-refractivity contribution is 0.102. The molecule has 1 aromatic heterocycles. The number of aromatic nitrogens is 3. The summed E-state index contributed by atoms with van der Waals surface area (Å²) in [5.41, 5.74) is 2.68. The molecule has 2 heterocycles. The van der Waals surface area contributed by atoms with Crippen LogP contribution < -0.4 is 19.5 Å². The number of nitrogens with zero attached hydrogens (tertiary/aromatic N) is 3. The van der Waals surface area contributed by atoms with Gasteiger partial charge in [-0.1, -0.05) is 31.5 Å². The van der Waals surface area contributed by atoms with Crippen LogP contribution >= 0.6 is 11.6 Å². The highest BCUT2D eigenvalue weighted by Crippen LogP contribution is 2.36. The van der Waals surface area contributed by atoms with Crippen LogP contribution in [-0.2, 0) is 0 Å². The number of fused-ring (bicyclic) bond motifs is 1. The van der Waals surface area contributed by atoms with E-state index < -0.39 is 0 Å². The molecule has 0 radical (unpaired) electrons. The Bertz CT molecular complexity index is 1370. The Labute approximate surface area is 207 Å². The first kappa shape index (κ1) is 22.7. The number of carbonyl (C=O) groups excluding carboxylic acids is 1. The second-order valence-corrected chi connectivity index (χ2v) is 8.85. The molecular weight excluding hydrogens is 468 g/mol. The van der Waals surface area contributed by atoms with Crippen molar-refractivity contribution in [3.63, 3.8) is 0 Å². The summed E-state index contributed by atoms with van der Waals surface area (Å²) in [6.07, 6.45) is 0. The highest BCUT2D eigenvalue weighted by molar-refractivity contribution is 6.31. The van der Waals surface area contributed by atoms with Gasteiger partial charge in [0.1, 0.15) is 0 Å². The highest BCUT2D eigenvalue weighted by atomic mass is 35.5. The fourth-order valence-corrected chi connectivity index (χ4v) is 3.71. The van der Waals surface area contributed by atoms with Crippen molar-refractivity contribution >= 4 is 23.2 Å². The van der Waals surface area contributed by atoms with Crippen LogP contribution in [0.1, 0.15) is 24.2 Å². The number of amides is 1. The normalized spacial score (nSPS) is 12.1. The van der Waals surface area contributed by atoms with Crippen molar-refractivity contribution in [3.8, 4) is 34.6 Å². The summed E-state index contributed by atoms with van der Waals surface area (Å²) in [6, 6.07) is 20.0. The van der Waals surface area contributed by atoms with Crippen LogP contribution in [0.2, 0.25) is 5.02 Å². The Morgan fingerprint density at radius 2 is 1.89 bits per heavy atom. The van der Waals surface area contributed by atoms with Crippen LogP contribution in [0.25, 0.3) is 17.1 Å². The molecule has 0 unspecified atom stereocenters. The molecule has 35 heavy (non-hydrogen) atoms. The quantitative estimate of drug-likeness (QED) is 0.362. The number of rotatable bonds is 7. The molecule has 0 fully saturated rings. The van der Waals surface area contributed by atoms with E-state index in [9.17, 15) is 4.79 Å². The predicted octanol–water partition coefficient (Wildman–Crippen LogP) is 5.60. The van der Waals surface area contributed by atoms with Gasteiger partial charge in [-0.3, -0.25) is 4.79 Å². The SMILES string of the molecule is CC(C)COc1nc(-c2ccc3c(c2)OCO3)n(-c2ccc(NC(=O)c3cccc(Cl)c3)cc2)n1. The molecule has 1 amide bonds. The summed E-state index contributed by atoms with van der Waals surface area (Å²) in [5, 5.41) is 7.96. The number of ether oxygens (including phenoxy) is 3. The van der Waals surface area contributed by atoms with Gasteiger partial charge in [0.25, 0.3) is 5.91 Å². The van der Waals surface area contributed by atoms with E-state index >= 15 is 0 Å². The van der Waals surface area contributed by atoms with E-state index in [2.05, 4.69) is 29.2 Å². The van der Waals surface area contributed by atoms with Crippen LogP contribution in [0, 0.1) is 5.92 Å². The fraction of sp³-hybridized carbons (Fsp3) is 0.192. The topological polar surface area (TPSA) is 87.5 Å². The Balaban J connectivity index is 1.43. The minimum absolute atomic E-state index is 0.191. The Kier molecular flexibility index (Phi) is 6.29. The van der Waals surface area contributed by atoms with E-state index in [0.29, 0.717) is 46.1 Å². The van der Waals surface area contributed by atoms with Crippen molar-refractivity contribution < 1.29 is 19.0 Å². The minimum atomic E-state index is -0.244. The summed E-state index contributed by atoms with van der Waals surface area (Å²) < 4.78 is 18.5. The lowest BCUT2D eigenvalue weighted by atomic mass is 10.2. The van der Waals surface area contributed by atoms with Gasteiger partial charge in [-0.05, 0) is 66.6 Å². The van der Waals surface area contributed by atoms with Crippen LogP contribution in [0.5, 0.6) is 17.5 Å². The molecule has 1 aliphatic rings.